The van der Waals surface area contributed by atoms with Crippen molar-refractivity contribution in [3.8, 4) is 0 Å². The van der Waals surface area contributed by atoms with Crippen molar-refractivity contribution in [2.45, 2.75) is 70.9 Å². The number of nitrogens with one attached hydrogen (secondary N) is 1. The van der Waals surface area contributed by atoms with Crippen LogP contribution in [0.4, 0.5) is 0 Å². The van der Waals surface area contributed by atoms with Gasteiger partial charge in [0.25, 0.3) is 0 Å². The summed E-state index contributed by atoms with van der Waals surface area (Å²) < 4.78 is 1.94. The normalized spacial score (nSPS) is 18.6. The Morgan fingerprint density at radius 3 is 2.56 bits per heavy atom. The van der Waals surface area contributed by atoms with Crippen LogP contribution in [0.25, 0.3) is 0 Å². The fourth-order valence-electron chi connectivity index (χ4n) is 2.94. The predicted octanol–water partition coefficient (Wildman–Crippen LogP) is 3.19. The summed E-state index contributed by atoms with van der Waals surface area (Å²) in [5, 5.41) is 8.24. The number of nitrogens with zero attached hydrogens (tertiary/aromatic N) is 2. The lowest BCUT2D eigenvalue weighted by Gasteiger charge is -2.21. The van der Waals surface area contributed by atoms with Crippen molar-refractivity contribution >= 4 is 0 Å². The van der Waals surface area contributed by atoms with Gasteiger partial charge in [0.15, 0.2) is 0 Å². The van der Waals surface area contributed by atoms with E-state index >= 15 is 0 Å². The van der Waals surface area contributed by atoms with E-state index in [1.54, 1.807) is 0 Å². The summed E-state index contributed by atoms with van der Waals surface area (Å²) in [6, 6.07) is 0.718. The van der Waals surface area contributed by atoms with Crippen molar-refractivity contribution in [1.29, 1.82) is 0 Å². The summed E-state index contributed by atoms with van der Waals surface area (Å²) in [4.78, 5) is 0. The van der Waals surface area contributed by atoms with E-state index in [0.29, 0.717) is 0 Å². The molecule has 2 rings (SSSR count). The standard InChI is InChI=1S/C15H27N3/c1-3-15-13(12-18(2)17-15)11-16-14-9-7-5-4-6-8-10-14/h12,14,16H,3-11H2,1-2H3. The molecular formula is C15H27N3. The Kier molecular flexibility index (Phi) is 5.24. The molecular weight excluding hydrogens is 222 g/mol. The lowest BCUT2D eigenvalue weighted by atomic mass is 9.96. The highest BCUT2D eigenvalue weighted by atomic mass is 15.3. The zero-order valence-corrected chi connectivity index (χ0v) is 11.9. The zero-order chi connectivity index (χ0) is 12.8. The topological polar surface area (TPSA) is 29.9 Å². The van der Waals surface area contributed by atoms with Crippen LogP contribution in [0.3, 0.4) is 0 Å². The predicted molar refractivity (Wildman–Crippen MR) is 75.5 cm³/mol. The molecule has 1 saturated carbocycles. The lowest BCUT2D eigenvalue weighted by Crippen LogP contribution is -2.29. The number of aromatic nitrogens is 2. The van der Waals surface area contributed by atoms with Crippen molar-refractivity contribution < 1.29 is 0 Å². The number of rotatable bonds is 4. The summed E-state index contributed by atoms with van der Waals surface area (Å²) in [6.45, 7) is 3.17. The van der Waals surface area contributed by atoms with Gasteiger partial charge in [-0.1, -0.05) is 39.0 Å². The van der Waals surface area contributed by atoms with E-state index in [2.05, 4.69) is 23.5 Å². The Labute approximate surface area is 111 Å². The minimum Gasteiger partial charge on any atom is -0.310 e. The van der Waals surface area contributed by atoms with Gasteiger partial charge in [-0.05, 0) is 19.3 Å². The van der Waals surface area contributed by atoms with Crippen molar-refractivity contribution in [1.82, 2.24) is 15.1 Å². The fourth-order valence-corrected chi connectivity index (χ4v) is 2.94. The molecule has 0 unspecified atom stereocenters. The summed E-state index contributed by atoms with van der Waals surface area (Å²) in [6.07, 6.45) is 13.0. The van der Waals surface area contributed by atoms with Crippen LogP contribution in [0.2, 0.25) is 0 Å². The number of aryl methyl sites for hydroxylation is 2. The molecule has 1 aliphatic rings. The lowest BCUT2D eigenvalue weighted by molar-refractivity contribution is 0.388. The van der Waals surface area contributed by atoms with E-state index in [9.17, 15) is 0 Å². The molecule has 1 heterocycles. The van der Waals surface area contributed by atoms with Gasteiger partial charge in [-0.3, -0.25) is 4.68 Å². The van der Waals surface area contributed by atoms with Crippen LogP contribution in [-0.2, 0) is 20.0 Å². The first-order chi connectivity index (χ1) is 8.79. The Morgan fingerprint density at radius 1 is 1.22 bits per heavy atom. The second kappa shape index (κ2) is 6.93. The van der Waals surface area contributed by atoms with Gasteiger partial charge in [-0.25, -0.2) is 0 Å². The molecule has 3 heteroatoms. The zero-order valence-electron chi connectivity index (χ0n) is 11.9. The highest BCUT2D eigenvalue weighted by Crippen LogP contribution is 2.18. The second-order valence-electron chi connectivity index (χ2n) is 5.55. The maximum Gasteiger partial charge on any atom is 0.0666 e. The molecule has 0 amide bonds. The van der Waals surface area contributed by atoms with Gasteiger partial charge >= 0.3 is 0 Å². The average molecular weight is 249 g/mol. The molecule has 0 aliphatic heterocycles. The minimum absolute atomic E-state index is 0.718. The molecule has 0 bridgehead atoms. The van der Waals surface area contributed by atoms with E-state index in [-0.39, 0.29) is 0 Å². The van der Waals surface area contributed by atoms with E-state index in [1.807, 2.05) is 11.7 Å². The van der Waals surface area contributed by atoms with Crippen LogP contribution in [0.1, 0.15) is 63.1 Å². The van der Waals surface area contributed by atoms with E-state index in [1.165, 1.54) is 56.2 Å². The minimum atomic E-state index is 0.718. The van der Waals surface area contributed by atoms with Gasteiger partial charge in [0, 0.05) is 31.4 Å². The van der Waals surface area contributed by atoms with Gasteiger partial charge in [0.1, 0.15) is 0 Å². The number of hydrogen-bond donors (Lipinski definition) is 1. The third-order valence-corrected chi connectivity index (χ3v) is 4.01. The smallest absolute Gasteiger partial charge is 0.0666 e. The van der Waals surface area contributed by atoms with Crippen LogP contribution in [0.5, 0.6) is 0 Å². The second-order valence-corrected chi connectivity index (χ2v) is 5.55. The van der Waals surface area contributed by atoms with Crippen LogP contribution < -0.4 is 5.32 Å². The fraction of sp³-hybridized carbons (Fsp3) is 0.800. The summed E-state index contributed by atoms with van der Waals surface area (Å²) in [5.74, 6) is 0. The Bertz CT molecular complexity index is 349. The average Bonchev–Trinajstić information content (AvgIpc) is 2.68. The maximum atomic E-state index is 4.50. The summed E-state index contributed by atoms with van der Waals surface area (Å²) >= 11 is 0. The van der Waals surface area contributed by atoms with E-state index in [4.69, 9.17) is 0 Å². The number of hydrogen-bond acceptors (Lipinski definition) is 2. The molecule has 1 N–H and O–H groups in total. The first-order valence-corrected chi connectivity index (χ1v) is 7.54. The van der Waals surface area contributed by atoms with Gasteiger partial charge in [0.05, 0.1) is 5.69 Å². The highest BCUT2D eigenvalue weighted by molar-refractivity contribution is 5.16. The molecule has 1 fully saturated rings. The third-order valence-electron chi connectivity index (χ3n) is 4.01. The van der Waals surface area contributed by atoms with Crippen molar-refractivity contribution in [2.75, 3.05) is 0 Å². The Balaban J connectivity index is 1.85. The van der Waals surface area contributed by atoms with Crippen molar-refractivity contribution in [3.63, 3.8) is 0 Å². The van der Waals surface area contributed by atoms with Crippen molar-refractivity contribution in [3.05, 3.63) is 17.5 Å². The third kappa shape index (κ3) is 3.84. The van der Waals surface area contributed by atoms with Gasteiger partial charge in [-0.2, -0.15) is 5.10 Å². The SMILES string of the molecule is CCc1nn(C)cc1CNC1CCCCCCC1. The molecule has 3 nitrogen and oxygen atoms in total. The van der Waals surface area contributed by atoms with E-state index < -0.39 is 0 Å². The summed E-state index contributed by atoms with van der Waals surface area (Å²) in [5.41, 5.74) is 2.62. The highest BCUT2D eigenvalue weighted by Gasteiger charge is 2.12. The summed E-state index contributed by atoms with van der Waals surface area (Å²) in [7, 11) is 2.01. The quantitative estimate of drug-likeness (QED) is 0.888. The van der Waals surface area contributed by atoms with Gasteiger partial charge < -0.3 is 5.32 Å². The van der Waals surface area contributed by atoms with Crippen LogP contribution in [0, 0.1) is 0 Å². The molecule has 1 aliphatic carbocycles. The molecule has 1 aromatic rings. The monoisotopic (exact) mass is 249 g/mol. The molecule has 102 valence electrons. The molecule has 0 aromatic carbocycles. The van der Waals surface area contributed by atoms with Gasteiger partial charge in [-0.15, -0.1) is 0 Å². The molecule has 0 atom stereocenters. The van der Waals surface area contributed by atoms with Crippen LogP contribution in [0.15, 0.2) is 6.20 Å². The Hall–Kier alpha value is -0.830. The molecule has 1 aromatic heterocycles. The van der Waals surface area contributed by atoms with Crippen molar-refractivity contribution in [2.24, 2.45) is 7.05 Å². The van der Waals surface area contributed by atoms with Crippen LogP contribution in [-0.4, -0.2) is 15.8 Å². The first kappa shape index (κ1) is 13.6. The molecule has 18 heavy (non-hydrogen) atoms. The largest absolute Gasteiger partial charge is 0.310 e. The first-order valence-electron chi connectivity index (χ1n) is 7.54. The molecule has 0 radical (unpaired) electrons. The Morgan fingerprint density at radius 2 is 1.89 bits per heavy atom. The molecule has 0 spiro atoms. The van der Waals surface area contributed by atoms with Gasteiger partial charge in [0.2, 0.25) is 0 Å². The molecule has 0 saturated heterocycles. The van der Waals surface area contributed by atoms with Crippen LogP contribution >= 0.6 is 0 Å². The maximum absolute atomic E-state index is 4.50. The van der Waals surface area contributed by atoms with E-state index in [0.717, 1.165) is 19.0 Å².